The summed E-state index contributed by atoms with van der Waals surface area (Å²) in [6, 6.07) is 5.87. The maximum atomic E-state index is 11.5. The molecule has 2 aromatic rings. The molecule has 0 saturated carbocycles. The molecule has 0 spiro atoms. The van der Waals surface area contributed by atoms with Crippen molar-refractivity contribution in [2.24, 2.45) is 0 Å². The molecule has 26 heavy (non-hydrogen) atoms. The zero-order valence-electron chi connectivity index (χ0n) is 14.3. The summed E-state index contributed by atoms with van der Waals surface area (Å²) < 4.78 is 69.1. The molecule has 130 valence electrons. The van der Waals surface area contributed by atoms with Crippen LogP contribution >= 0.6 is 31.9 Å². The van der Waals surface area contributed by atoms with Crippen molar-refractivity contribution in [1.29, 1.82) is 0 Å². The Kier molecular flexibility index (Phi) is 10.3. The van der Waals surface area contributed by atoms with Crippen LogP contribution in [0.3, 0.4) is 0 Å². The van der Waals surface area contributed by atoms with Gasteiger partial charge >= 0.3 is 59.1 Å². The van der Waals surface area contributed by atoms with Crippen molar-refractivity contribution in [1.82, 2.24) is 0 Å². The first kappa shape index (κ1) is 27.2. The van der Waals surface area contributed by atoms with Crippen LogP contribution < -0.4 is 59.1 Å². The van der Waals surface area contributed by atoms with Crippen molar-refractivity contribution in [2.45, 2.75) is 23.6 Å². The van der Waals surface area contributed by atoms with E-state index in [9.17, 15) is 25.9 Å². The minimum atomic E-state index is -4.74. The summed E-state index contributed by atoms with van der Waals surface area (Å²) in [5, 5.41) is 0. The van der Waals surface area contributed by atoms with Crippen LogP contribution in [0.15, 0.2) is 43.0 Å². The molecule has 0 aromatic heterocycles. The molecule has 0 unspecified atom stereocenters. The van der Waals surface area contributed by atoms with Gasteiger partial charge in [-0.2, -0.15) is 0 Å². The summed E-state index contributed by atoms with van der Waals surface area (Å²) >= 11 is 6.07. The third kappa shape index (κ3) is 5.64. The molecule has 0 radical (unpaired) electrons. The quantitative estimate of drug-likeness (QED) is 0.308. The molecular formula is C14H10Br2Na2O6S2. The van der Waals surface area contributed by atoms with Gasteiger partial charge in [0.25, 0.3) is 0 Å². The third-order valence-electron chi connectivity index (χ3n) is 3.51. The Balaban J connectivity index is 0.00000312. The minimum Gasteiger partial charge on any atom is -0.744 e. The van der Waals surface area contributed by atoms with E-state index in [1.807, 2.05) is 0 Å². The van der Waals surface area contributed by atoms with Crippen LogP contribution in [-0.2, 0) is 20.2 Å². The smallest absolute Gasteiger partial charge is 0.744 e. The molecule has 0 aliphatic rings. The number of hydrogen-bond acceptors (Lipinski definition) is 6. The molecule has 0 N–H and O–H groups in total. The van der Waals surface area contributed by atoms with Gasteiger partial charge in [-0.15, -0.1) is 0 Å². The largest absolute Gasteiger partial charge is 1.00 e. The summed E-state index contributed by atoms with van der Waals surface area (Å²) in [5.74, 6) is 0. The average Bonchev–Trinajstić information content (AvgIpc) is 2.37. The summed E-state index contributed by atoms with van der Waals surface area (Å²) in [6.07, 6.45) is 0. The van der Waals surface area contributed by atoms with Gasteiger partial charge in [0, 0.05) is 8.95 Å². The summed E-state index contributed by atoms with van der Waals surface area (Å²) in [7, 11) is -9.48. The molecule has 2 rings (SSSR count). The topological polar surface area (TPSA) is 114 Å². The van der Waals surface area contributed by atoms with Gasteiger partial charge < -0.3 is 9.11 Å². The van der Waals surface area contributed by atoms with Crippen LogP contribution in [0, 0.1) is 13.8 Å². The molecule has 2 aromatic carbocycles. The van der Waals surface area contributed by atoms with Crippen molar-refractivity contribution in [3.63, 3.8) is 0 Å². The van der Waals surface area contributed by atoms with Gasteiger partial charge in [-0.1, -0.05) is 12.1 Å². The second-order valence-corrected chi connectivity index (χ2v) is 9.35. The maximum Gasteiger partial charge on any atom is 1.00 e. The number of halogens is 2. The van der Waals surface area contributed by atoms with Crippen LogP contribution in [0.2, 0.25) is 0 Å². The fraction of sp³-hybridized carbons (Fsp3) is 0.143. The van der Waals surface area contributed by atoms with Crippen LogP contribution in [0.4, 0.5) is 0 Å². The van der Waals surface area contributed by atoms with Crippen molar-refractivity contribution < 1.29 is 85.1 Å². The molecule has 6 nitrogen and oxygen atoms in total. The normalized spacial score (nSPS) is 11.5. The SMILES string of the molecule is Cc1c(-c2ccc(Br)c(S(=O)(=O)[O-])c2C)ccc(Br)c1S(=O)(=O)[O-].[Na+].[Na+]. The Morgan fingerprint density at radius 3 is 1.19 bits per heavy atom. The van der Waals surface area contributed by atoms with Gasteiger partial charge in [0.1, 0.15) is 20.2 Å². The maximum absolute atomic E-state index is 11.5. The second kappa shape index (κ2) is 9.82. The third-order valence-corrected chi connectivity index (χ3v) is 7.40. The first-order chi connectivity index (χ1) is 10.9. The Morgan fingerprint density at radius 2 is 0.962 bits per heavy atom. The van der Waals surface area contributed by atoms with Crippen molar-refractivity contribution in [3.05, 3.63) is 44.3 Å². The molecule has 0 saturated heterocycles. The van der Waals surface area contributed by atoms with Gasteiger partial charge in [-0.05, 0) is 80.1 Å². The Morgan fingerprint density at radius 1 is 0.692 bits per heavy atom. The van der Waals surface area contributed by atoms with Crippen molar-refractivity contribution >= 4 is 52.1 Å². The van der Waals surface area contributed by atoms with Gasteiger partial charge in [0.2, 0.25) is 0 Å². The van der Waals surface area contributed by atoms with Crippen molar-refractivity contribution in [3.8, 4) is 11.1 Å². The Hall–Kier alpha value is 1.22. The molecule has 0 amide bonds. The standard InChI is InChI=1S/C14H12Br2O6S2.2Na/c1-7-9(3-5-11(15)13(7)23(17,18)19)10-4-6-12(16)14(8(10)2)24(20,21)22;;/h3-6H,1-2H3,(H,17,18,19)(H,20,21,22);;/q;2*+1/p-2. The summed E-state index contributed by atoms with van der Waals surface area (Å²) in [4.78, 5) is -0.845. The van der Waals surface area contributed by atoms with E-state index in [2.05, 4.69) is 31.9 Å². The summed E-state index contributed by atoms with van der Waals surface area (Å²) in [5.41, 5.74) is 1.03. The molecule has 0 atom stereocenters. The Bertz CT molecular complexity index is 968. The van der Waals surface area contributed by atoms with Gasteiger partial charge in [0.15, 0.2) is 0 Å². The van der Waals surface area contributed by atoms with E-state index in [1.54, 1.807) is 12.1 Å². The van der Waals surface area contributed by atoms with E-state index >= 15 is 0 Å². The second-order valence-electron chi connectivity index (χ2n) is 5.01. The molecule has 0 aliphatic carbocycles. The number of rotatable bonds is 3. The zero-order chi connectivity index (χ0) is 18.4. The van der Waals surface area contributed by atoms with E-state index in [-0.39, 0.29) is 79.2 Å². The van der Waals surface area contributed by atoms with Gasteiger partial charge in [-0.25, -0.2) is 16.8 Å². The fourth-order valence-electron chi connectivity index (χ4n) is 2.51. The van der Waals surface area contributed by atoms with Crippen LogP contribution in [0.1, 0.15) is 11.1 Å². The van der Waals surface area contributed by atoms with E-state index in [0.29, 0.717) is 11.1 Å². The van der Waals surface area contributed by atoms with E-state index < -0.39 is 30.0 Å². The van der Waals surface area contributed by atoms with Gasteiger partial charge in [0.05, 0.1) is 9.79 Å². The predicted molar refractivity (Wildman–Crippen MR) is 92.7 cm³/mol. The number of benzene rings is 2. The minimum absolute atomic E-state index is 0. The molecule has 12 heteroatoms. The molecule has 0 aliphatic heterocycles. The first-order valence-electron chi connectivity index (χ1n) is 6.36. The molecule has 0 bridgehead atoms. The fourth-order valence-corrected chi connectivity index (χ4v) is 6.15. The van der Waals surface area contributed by atoms with E-state index in [0.717, 1.165) is 0 Å². The molecule has 0 heterocycles. The average molecular weight is 544 g/mol. The van der Waals surface area contributed by atoms with Gasteiger partial charge in [-0.3, -0.25) is 0 Å². The van der Waals surface area contributed by atoms with Crippen LogP contribution in [0.25, 0.3) is 11.1 Å². The molecular weight excluding hydrogens is 534 g/mol. The monoisotopic (exact) mass is 542 g/mol. The Labute approximate surface area is 213 Å². The zero-order valence-corrected chi connectivity index (χ0v) is 23.1. The predicted octanol–water partition coefficient (Wildman–Crippen LogP) is -2.69. The number of hydrogen-bond donors (Lipinski definition) is 0. The summed E-state index contributed by atoms with van der Waals surface area (Å²) in [6.45, 7) is 2.88. The van der Waals surface area contributed by atoms with Crippen LogP contribution in [-0.4, -0.2) is 25.9 Å². The van der Waals surface area contributed by atoms with E-state index in [1.165, 1.54) is 26.0 Å². The first-order valence-corrected chi connectivity index (χ1v) is 10.8. The molecule has 0 fully saturated rings. The van der Waals surface area contributed by atoms with Crippen molar-refractivity contribution in [2.75, 3.05) is 0 Å². The van der Waals surface area contributed by atoms with E-state index in [4.69, 9.17) is 0 Å². The van der Waals surface area contributed by atoms with Crippen LogP contribution in [0.5, 0.6) is 0 Å².